The number of fused-ring (bicyclic) bond motifs is 1. The number of nitrogens with zero attached hydrogens (tertiary/aromatic N) is 5. The number of nitrogens with one attached hydrogen (secondary N) is 1. The zero-order valence-electron chi connectivity index (χ0n) is 23.8. The van der Waals surface area contributed by atoms with E-state index in [9.17, 15) is 19.1 Å². The quantitative estimate of drug-likeness (QED) is 0.204. The van der Waals surface area contributed by atoms with Gasteiger partial charge < -0.3 is 16.2 Å². The molecule has 1 saturated carbocycles. The third-order valence-corrected chi connectivity index (χ3v) is 8.16. The normalized spacial score (nSPS) is 13.4. The molecule has 4 heterocycles. The van der Waals surface area contributed by atoms with Gasteiger partial charge in [-0.15, -0.1) is 0 Å². The fourth-order valence-corrected chi connectivity index (χ4v) is 5.57. The highest BCUT2D eigenvalue weighted by Crippen LogP contribution is 2.50. The number of benzene rings is 2. The zero-order valence-corrected chi connectivity index (χ0v) is 23.8. The van der Waals surface area contributed by atoms with Crippen LogP contribution in [0.3, 0.4) is 0 Å². The second-order valence-corrected chi connectivity index (χ2v) is 10.9. The first kappa shape index (κ1) is 27.8. The van der Waals surface area contributed by atoms with E-state index in [-0.39, 0.29) is 23.6 Å². The highest BCUT2D eigenvalue weighted by atomic mass is 19.1. The van der Waals surface area contributed by atoms with Crippen LogP contribution in [0.1, 0.15) is 34.3 Å². The van der Waals surface area contributed by atoms with E-state index in [0.29, 0.717) is 47.5 Å². The van der Waals surface area contributed by atoms with Gasteiger partial charge in [-0.3, -0.25) is 19.1 Å². The molecule has 1 fully saturated rings. The molecule has 0 saturated heterocycles. The number of carbonyl (C=O) groups excluding carboxylic acids is 2. The highest BCUT2D eigenvalue weighted by Gasteiger charge is 2.53. The fourth-order valence-electron chi connectivity index (χ4n) is 5.57. The Morgan fingerprint density at radius 1 is 1.02 bits per heavy atom. The van der Waals surface area contributed by atoms with Crippen LogP contribution >= 0.6 is 0 Å². The summed E-state index contributed by atoms with van der Waals surface area (Å²) >= 11 is 0. The second-order valence-electron chi connectivity index (χ2n) is 10.9. The van der Waals surface area contributed by atoms with Crippen molar-refractivity contribution in [2.24, 2.45) is 0 Å². The molecule has 4 N–H and O–H groups in total. The SMILES string of the molecule is Nc1ncccc1-c1nc2ccc(-c3cccnc3)nc2n1-c1ccc(CNC(=O)C2(c3ccc(C=O)c(O)c3F)CC2)cc1. The summed E-state index contributed by atoms with van der Waals surface area (Å²) in [5, 5.41) is 13.0. The number of pyridine rings is 3. The van der Waals surface area contributed by atoms with Gasteiger partial charge in [-0.05, 0) is 73.0 Å². The maximum absolute atomic E-state index is 14.9. The third-order valence-electron chi connectivity index (χ3n) is 8.16. The number of carbonyl (C=O) groups is 2. The number of anilines is 1. The number of phenols is 1. The molecule has 222 valence electrons. The lowest BCUT2D eigenvalue weighted by atomic mass is 9.92. The Morgan fingerprint density at radius 3 is 2.53 bits per heavy atom. The van der Waals surface area contributed by atoms with Gasteiger partial charge in [0.05, 0.1) is 22.2 Å². The molecule has 0 radical (unpaired) electrons. The number of hydrogen-bond donors (Lipinski definition) is 3. The Hall–Kier alpha value is -5.97. The molecule has 4 aromatic heterocycles. The monoisotopic (exact) mass is 599 g/mol. The second kappa shape index (κ2) is 10.9. The van der Waals surface area contributed by atoms with Crippen molar-refractivity contribution in [3.63, 3.8) is 0 Å². The van der Waals surface area contributed by atoms with Gasteiger partial charge in [-0.1, -0.05) is 18.2 Å². The summed E-state index contributed by atoms with van der Waals surface area (Å²) in [5.74, 6) is -1.10. The van der Waals surface area contributed by atoms with Gasteiger partial charge in [0.1, 0.15) is 11.3 Å². The van der Waals surface area contributed by atoms with E-state index in [1.54, 1.807) is 24.7 Å². The fraction of sp³-hybridized carbons (Fsp3) is 0.118. The van der Waals surface area contributed by atoms with Crippen LogP contribution in [0.4, 0.5) is 10.2 Å². The molecule has 0 bridgehead atoms. The molecule has 10 nitrogen and oxygen atoms in total. The van der Waals surface area contributed by atoms with Crippen molar-refractivity contribution in [3.8, 4) is 34.1 Å². The third kappa shape index (κ3) is 4.84. The molecule has 1 aliphatic carbocycles. The molecule has 45 heavy (non-hydrogen) atoms. The molecule has 1 aliphatic rings. The van der Waals surface area contributed by atoms with Gasteiger partial charge in [0.15, 0.2) is 29.3 Å². The summed E-state index contributed by atoms with van der Waals surface area (Å²) in [5.41, 5.74) is 10.3. The maximum Gasteiger partial charge on any atom is 0.231 e. The van der Waals surface area contributed by atoms with Crippen molar-refractivity contribution in [3.05, 3.63) is 114 Å². The average molecular weight is 600 g/mol. The van der Waals surface area contributed by atoms with E-state index < -0.39 is 17.0 Å². The summed E-state index contributed by atoms with van der Waals surface area (Å²) in [6.07, 6.45) is 6.34. The van der Waals surface area contributed by atoms with Crippen LogP contribution in [0.2, 0.25) is 0 Å². The Morgan fingerprint density at radius 2 is 1.82 bits per heavy atom. The molecular formula is C34H26FN7O3. The van der Waals surface area contributed by atoms with Gasteiger partial charge in [-0.25, -0.2) is 19.3 Å². The summed E-state index contributed by atoms with van der Waals surface area (Å²) in [6, 6.07) is 21.5. The molecule has 2 aromatic carbocycles. The van der Waals surface area contributed by atoms with Crippen molar-refractivity contribution in [1.82, 2.24) is 29.8 Å². The van der Waals surface area contributed by atoms with E-state index in [1.165, 1.54) is 12.1 Å². The van der Waals surface area contributed by atoms with E-state index in [2.05, 4.69) is 15.3 Å². The molecular weight excluding hydrogens is 573 g/mol. The maximum atomic E-state index is 14.9. The average Bonchev–Trinajstić information content (AvgIpc) is 3.80. The predicted molar refractivity (Wildman–Crippen MR) is 166 cm³/mol. The first-order valence-corrected chi connectivity index (χ1v) is 14.2. The molecule has 0 atom stereocenters. The summed E-state index contributed by atoms with van der Waals surface area (Å²) < 4.78 is 16.8. The smallest absolute Gasteiger partial charge is 0.231 e. The van der Waals surface area contributed by atoms with Crippen LogP contribution in [0.15, 0.2) is 91.4 Å². The number of imidazole rings is 1. The van der Waals surface area contributed by atoms with Crippen molar-refractivity contribution >= 4 is 29.2 Å². The molecule has 0 unspecified atom stereocenters. The molecule has 7 rings (SSSR count). The van der Waals surface area contributed by atoms with Crippen molar-refractivity contribution < 1.29 is 19.1 Å². The number of nitrogens with two attached hydrogens (primary N) is 1. The Bertz CT molecular complexity index is 2090. The molecule has 0 aliphatic heterocycles. The van der Waals surface area contributed by atoms with Crippen molar-refractivity contribution in [2.45, 2.75) is 24.8 Å². The van der Waals surface area contributed by atoms with Crippen molar-refractivity contribution in [2.75, 3.05) is 5.73 Å². The number of amides is 1. The first-order chi connectivity index (χ1) is 21.9. The minimum Gasteiger partial charge on any atom is -0.504 e. The molecule has 1 amide bonds. The van der Waals surface area contributed by atoms with Crippen LogP contribution in [-0.4, -0.2) is 41.8 Å². The standard InChI is InChI=1S/C34H26FN7O3/c35-28-25(10-7-22(19-43)29(28)44)34(13-14-34)33(45)39-17-20-5-8-23(9-6-20)42-31(24-4-2-16-38-30(24)36)41-27-12-11-26(40-32(27)42)21-3-1-15-37-18-21/h1-12,15-16,18-19,44H,13-14,17H2,(H2,36,38)(H,39,45). The van der Waals surface area contributed by atoms with E-state index in [0.717, 1.165) is 22.5 Å². The van der Waals surface area contributed by atoms with E-state index in [4.69, 9.17) is 15.7 Å². The van der Waals surface area contributed by atoms with Crippen LogP contribution in [-0.2, 0) is 16.8 Å². The van der Waals surface area contributed by atoms with Crippen molar-refractivity contribution in [1.29, 1.82) is 0 Å². The van der Waals surface area contributed by atoms with Crippen LogP contribution in [0.25, 0.3) is 39.5 Å². The first-order valence-electron chi connectivity index (χ1n) is 14.2. The highest BCUT2D eigenvalue weighted by molar-refractivity contribution is 5.92. The van der Waals surface area contributed by atoms with Crippen LogP contribution in [0.5, 0.6) is 5.75 Å². The number of aromatic nitrogens is 5. The Kier molecular flexibility index (Phi) is 6.77. The van der Waals surface area contributed by atoms with Gasteiger partial charge >= 0.3 is 0 Å². The Labute approximate surface area is 256 Å². The number of aromatic hydroxyl groups is 1. The molecule has 11 heteroatoms. The van der Waals surface area contributed by atoms with Gasteiger partial charge in [0.2, 0.25) is 5.91 Å². The lowest BCUT2D eigenvalue weighted by molar-refractivity contribution is -0.123. The van der Waals surface area contributed by atoms with E-state index in [1.807, 2.05) is 59.2 Å². The summed E-state index contributed by atoms with van der Waals surface area (Å²) in [7, 11) is 0. The summed E-state index contributed by atoms with van der Waals surface area (Å²) in [4.78, 5) is 42.6. The zero-order chi connectivity index (χ0) is 31.1. The number of halogens is 1. The number of rotatable bonds is 8. The van der Waals surface area contributed by atoms with E-state index >= 15 is 0 Å². The summed E-state index contributed by atoms with van der Waals surface area (Å²) in [6.45, 7) is 0.206. The number of hydrogen-bond acceptors (Lipinski definition) is 8. The lowest BCUT2D eigenvalue weighted by Crippen LogP contribution is -2.35. The topological polar surface area (TPSA) is 149 Å². The van der Waals surface area contributed by atoms with Crippen LogP contribution in [0, 0.1) is 5.82 Å². The lowest BCUT2D eigenvalue weighted by Gasteiger charge is -2.18. The predicted octanol–water partition coefficient (Wildman–Crippen LogP) is 5.13. The molecule has 0 spiro atoms. The molecule has 6 aromatic rings. The largest absolute Gasteiger partial charge is 0.504 e. The van der Waals surface area contributed by atoms with Gasteiger partial charge in [0, 0.05) is 41.9 Å². The minimum atomic E-state index is -1.07. The number of phenolic OH excluding ortho intramolecular Hbond substituents is 1. The Balaban J connectivity index is 1.19. The van der Waals surface area contributed by atoms with Gasteiger partial charge in [0.25, 0.3) is 0 Å². The van der Waals surface area contributed by atoms with Crippen LogP contribution < -0.4 is 11.1 Å². The number of nitrogen functional groups attached to an aromatic ring is 1. The minimum absolute atomic E-state index is 0.0887. The van der Waals surface area contributed by atoms with Gasteiger partial charge in [-0.2, -0.15) is 0 Å². The number of aldehydes is 1.